The SMILES string of the molecule is CCCN(CCc1ccsc1)C1CCc2cccc(N(C)C)c2C1. The van der Waals surface area contributed by atoms with Crippen LogP contribution in [0, 0.1) is 0 Å². The van der Waals surface area contributed by atoms with Crippen LogP contribution in [0.5, 0.6) is 0 Å². The van der Waals surface area contributed by atoms with Crippen molar-refractivity contribution in [2.24, 2.45) is 0 Å². The number of benzene rings is 1. The predicted octanol–water partition coefficient (Wildman–Crippen LogP) is 4.63. The number of thiophene rings is 1. The smallest absolute Gasteiger partial charge is 0.0396 e. The monoisotopic (exact) mass is 342 g/mol. The third-order valence-corrected chi connectivity index (χ3v) is 5.94. The average molecular weight is 343 g/mol. The highest BCUT2D eigenvalue weighted by molar-refractivity contribution is 7.07. The summed E-state index contributed by atoms with van der Waals surface area (Å²) in [6, 6.07) is 9.78. The van der Waals surface area contributed by atoms with Crippen LogP contribution in [0.1, 0.15) is 36.5 Å². The lowest BCUT2D eigenvalue weighted by Gasteiger charge is -2.36. The molecule has 130 valence electrons. The Morgan fingerprint density at radius 2 is 2.04 bits per heavy atom. The van der Waals surface area contributed by atoms with Crippen molar-refractivity contribution in [3.63, 3.8) is 0 Å². The number of hydrogen-bond acceptors (Lipinski definition) is 3. The molecule has 0 fully saturated rings. The third-order valence-electron chi connectivity index (χ3n) is 5.21. The number of nitrogens with zero attached hydrogens (tertiary/aromatic N) is 2. The van der Waals surface area contributed by atoms with Gasteiger partial charge in [-0.2, -0.15) is 11.3 Å². The summed E-state index contributed by atoms with van der Waals surface area (Å²) in [7, 11) is 4.33. The molecule has 1 atom stereocenters. The lowest BCUT2D eigenvalue weighted by Crippen LogP contribution is -2.41. The Kier molecular flexibility index (Phi) is 5.96. The summed E-state index contributed by atoms with van der Waals surface area (Å²) in [5.41, 5.74) is 6.04. The van der Waals surface area contributed by atoms with E-state index >= 15 is 0 Å². The van der Waals surface area contributed by atoms with Gasteiger partial charge in [-0.1, -0.05) is 19.1 Å². The summed E-state index contributed by atoms with van der Waals surface area (Å²) in [6.07, 6.45) is 6.14. The van der Waals surface area contributed by atoms with Crippen molar-refractivity contribution >= 4 is 17.0 Å². The molecule has 1 aromatic heterocycles. The van der Waals surface area contributed by atoms with Crippen molar-refractivity contribution in [3.8, 4) is 0 Å². The number of aryl methyl sites for hydroxylation is 1. The molecular weight excluding hydrogens is 312 g/mol. The lowest BCUT2D eigenvalue weighted by molar-refractivity contribution is 0.182. The van der Waals surface area contributed by atoms with Crippen LogP contribution in [-0.4, -0.2) is 38.1 Å². The Balaban J connectivity index is 1.73. The standard InChI is InChI=1S/C21H30N2S/c1-4-12-23(13-10-17-11-14-24-16-17)19-9-8-18-6-5-7-21(22(2)3)20(18)15-19/h5-7,11,14,16,19H,4,8-10,12-13,15H2,1-3H3. The van der Waals surface area contributed by atoms with Gasteiger partial charge in [0.05, 0.1) is 0 Å². The van der Waals surface area contributed by atoms with Crippen LogP contribution in [0.4, 0.5) is 5.69 Å². The highest BCUT2D eigenvalue weighted by Crippen LogP contribution is 2.31. The topological polar surface area (TPSA) is 6.48 Å². The molecule has 0 spiro atoms. The van der Waals surface area contributed by atoms with Crippen LogP contribution in [0.15, 0.2) is 35.0 Å². The summed E-state index contributed by atoms with van der Waals surface area (Å²) in [5, 5.41) is 4.49. The van der Waals surface area contributed by atoms with E-state index in [2.05, 4.69) is 65.8 Å². The molecule has 1 unspecified atom stereocenters. The van der Waals surface area contributed by atoms with Gasteiger partial charge in [0.15, 0.2) is 0 Å². The molecule has 0 radical (unpaired) electrons. The maximum atomic E-state index is 2.74. The molecule has 0 saturated heterocycles. The predicted molar refractivity (Wildman–Crippen MR) is 106 cm³/mol. The van der Waals surface area contributed by atoms with E-state index in [0.29, 0.717) is 6.04 Å². The van der Waals surface area contributed by atoms with Gasteiger partial charge in [0.1, 0.15) is 0 Å². The highest BCUT2D eigenvalue weighted by atomic mass is 32.1. The fourth-order valence-corrected chi connectivity index (χ4v) is 4.66. The molecule has 1 aromatic carbocycles. The molecular formula is C21H30N2S. The molecule has 3 rings (SSSR count). The van der Waals surface area contributed by atoms with E-state index < -0.39 is 0 Å². The van der Waals surface area contributed by atoms with Gasteiger partial charge < -0.3 is 4.90 Å². The summed E-state index contributed by atoms with van der Waals surface area (Å²) in [4.78, 5) is 5.02. The van der Waals surface area contributed by atoms with Gasteiger partial charge in [0.25, 0.3) is 0 Å². The number of fused-ring (bicyclic) bond motifs is 1. The molecule has 0 amide bonds. The summed E-state index contributed by atoms with van der Waals surface area (Å²) in [6.45, 7) is 4.71. The second-order valence-electron chi connectivity index (χ2n) is 7.12. The molecule has 24 heavy (non-hydrogen) atoms. The average Bonchev–Trinajstić information content (AvgIpc) is 3.11. The molecule has 1 aliphatic rings. The van der Waals surface area contributed by atoms with E-state index in [-0.39, 0.29) is 0 Å². The minimum Gasteiger partial charge on any atom is -0.377 e. The van der Waals surface area contributed by atoms with Crippen LogP contribution >= 0.6 is 11.3 Å². The van der Waals surface area contributed by atoms with Gasteiger partial charge in [0, 0.05) is 32.4 Å². The Bertz CT molecular complexity index is 633. The van der Waals surface area contributed by atoms with Crippen molar-refractivity contribution in [2.45, 2.75) is 45.1 Å². The second kappa shape index (κ2) is 8.17. The summed E-state index contributed by atoms with van der Waals surface area (Å²) in [5.74, 6) is 0. The van der Waals surface area contributed by atoms with Gasteiger partial charge in [-0.3, -0.25) is 4.90 Å². The molecule has 1 aliphatic carbocycles. The molecule has 3 heteroatoms. The van der Waals surface area contributed by atoms with Crippen LogP contribution in [-0.2, 0) is 19.3 Å². The van der Waals surface area contributed by atoms with E-state index in [0.717, 1.165) is 0 Å². The molecule has 0 bridgehead atoms. The molecule has 1 heterocycles. The van der Waals surface area contributed by atoms with Crippen LogP contribution in [0.2, 0.25) is 0 Å². The van der Waals surface area contributed by atoms with Crippen molar-refractivity contribution in [2.75, 3.05) is 32.1 Å². The number of rotatable bonds is 7. The maximum absolute atomic E-state index is 2.74. The minimum absolute atomic E-state index is 0.692. The van der Waals surface area contributed by atoms with Crippen LogP contribution < -0.4 is 4.90 Å². The maximum Gasteiger partial charge on any atom is 0.0396 e. The first-order valence-corrected chi connectivity index (χ1v) is 10.2. The van der Waals surface area contributed by atoms with E-state index in [9.17, 15) is 0 Å². The molecule has 0 saturated carbocycles. The largest absolute Gasteiger partial charge is 0.377 e. The van der Waals surface area contributed by atoms with Gasteiger partial charge >= 0.3 is 0 Å². The molecule has 0 aliphatic heterocycles. The Morgan fingerprint density at radius 1 is 1.17 bits per heavy atom. The van der Waals surface area contributed by atoms with Gasteiger partial charge in [-0.05, 0) is 78.2 Å². The highest BCUT2D eigenvalue weighted by Gasteiger charge is 2.25. The molecule has 2 nitrogen and oxygen atoms in total. The van der Waals surface area contributed by atoms with Crippen molar-refractivity contribution in [1.82, 2.24) is 4.90 Å². The second-order valence-corrected chi connectivity index (χ2v) is 7.90. The van der Waals surface area contributed by atoms with E-state index in [1.54, 1.807) is 11.1 Å². The Hall–Kier alpha value is -1.32. The number of hydrogen-bond donors (Lipinski definition) is 0. The van der Waals surface area contributed by atoms with E-state index in [1.807, 2.05) is 11.3 Å². The van der Waals surface area contributed by atoms with Gasteiger partial charge in [-0.15, -0.1) is 0 Å². The Labute approximate surface area is 151 Å². The lowest BCUT2D eigenvalue weighted by atomic mass is 9.86. The third kappa shape index (κ3) is 4.01. The van der Waals surface area contributed by atoms with E-state index in [1.165, 1.54) is 56.4 Å². The summed E-state index contributed by atoms with van der Waals surface area (Å²) >= 11 is 1.81. The number of anilines is 1. The first kappa shape index (κ1) is 17.5. The Morgan fingerprint density at radius 3 is 2.75 bits per heavy atom. The summed E-state index contributed by atoms with van der Waals surface area (Å²) < 4.78 is 0. The van der Waals surface area contributed by atoms with Gasteiger partial charge in [-0.25, -0.2) is 0 Å². The quantitative estimate of drug-likeness (QED) is 0.724. The van der Waals surface area contributed by atoms with Crippen molar-refractivity contribution in [1.29, 1.82) is 0 Å². The fourth-order valence-electron chi connectivity index (χ4n) is 3.95. The first-order valence-electron chi connectivity index (χ1n) is 9.22. The van der Waals surface area contributed by atoms with Crippen LogP contribution in [0.25, 0.3) is 0 Å². The molecule has 0 N–H and O–H groups in total. The fraction of sp³-hybridized carbons (Fsp3) is 0.524. The molecule has 2 aromatic rings. The van der Waals surface area contributed by atoms with Crippen molar-refractivity contribution in [3.05, 3.63) is 51.7 Å². The first-order chi connectivity index (χ1) is 11.7. The van der Waals surface area contributed by atoms with E-state index in [4.69, 9.17) is 0 Å². The normalized spacial score (nSPS) is 17.1. The van der Waals surface area contributed by atoms with Gasteiger partial charge in [0.2, 0.25) is 0 Å². The zero-order valence-corrected chi connectivity index (χ0v) is 16.1. The zero-order valence-electron chi connectivity index (χ0n) is 15.3. The minimum atomic E-state index is 0.692. The van der Waals surface area contributed by atoms with Crippen LogP contribution in [0.3, 0.4) is 0 Å². The zero-order chi connectivity index (χ0) is 16.9. The van der Waals surface area contributed by atoms with Crippen molar-refractivity contribution < 1.29 is 0 Å².